The molecular formula is C16H10BrClFNO. The van der Waals surface area contributed by atoms with Gasteiger partial charge in [-0.15, -0.1) is 11.6 Å². The summed E-state index contributed by atoms with van der Waals surface area (Å²) in [5.41, 5.74) is 1.72. The molecule has 0 aliphatic rings. The van der Waals surface area contributed by atoms with E-state index in [4.69, 9.17) is 16.3 Å². The molecule has 0 saturated heterocycles. The fourth-order valence-corrected chi connectivity index (χ4v) is 2.76. The second-order valence-corrected chi connectivity index (χ2v) is 5.66. The number of ether oxygens (including phenoxy) is 1. The van der Waals surface area contributed by atoms with Gasteiger partial charge in [0.15, 0.2) is 0 Å². The zero-order valence-electron chi connectivity index (χ0n) is 10.8. The van der Waals surface area contributed by atoms with Crippen molar-refractivity contribution in [3.8, 4) is 11.6 Å². The Labute approximate surface area is 134 Å². The lowest BCUT2D eigenvalue weighted by atomic mass is 10.1. The van der Waals surface area contributed by atoms with Gasteiger partial charge in [0.2, 0.25) is 5.88 Å². The molecule has 21 heavy (non-hydrogen) atoms. The number of aromatic nitrogens is 1. The zero-order chi connectivity index (χ0) is 14.8. The Balaban J connectivity index is 2.04. The van der Waals surface area contributed by atoms with Crippen LogP contribution in [-0.2, 0) is 5.88 Å². The van der Waals surface area contributed by atoms with Crippen molar-refractivity contribution in [3.63, 3.8) is 0 Å². The van der Waals surface area contributed by atoms with Crippen molar-refractivity contribution in [2.45, 2.75) is 5.88 Å². The molecule has 2 aromatic carbocycles. The minimum absolute atomic E-state index is 0.353. The van der Waals surface area contributed by atoms with E-state index in [1.807, 2.05) is 24.3 Å². The van der Waals surface area contributed by atoms with Gasteiger partial charge in [-0.2, -0.15) is 0 Å². The molecule has 0 unspecified atom stereocenters. The minimum atomic E-state index is -0.377. The molecule has 106 valence electrons. The molecule has 0 amide bonds. The second-order valence-electron chi connectivity index (χ2n) is 4.48. The SMILES string of the molecule is Fc1cc(Br)cc(Oc2cc(CCl)c3ccccc3n2)c1. The monoisotopic (exact) mass is 365 g/mol. The van der Waals surface area contributed by atoms with E-state index in [1.165, 1.54) is 12.1 Å². The zero-order valence-corrected chi connectivity index (χ0v) is 13.2. The van der Waals surface area contributed by atoms with Crippen molar-refractivity contribution < 1.29 is 9.13 Å². The summed E-state index contributed by atoms with van der Waals surface area (Å²) in [5.74, 6) is 0.747. The lowest BCUT2D eigenvalue weighted by molar-refractivity contribution is 0.459. The summed E-state index contributed by atoms with van der Waals surface area (Å²) in [5, 5.41) is 0.986. The van der Waals surface area contributed by atoms with Crippen molar-refractivity contribution in [3.05, 3.63) is 64.4 Å². The predicted molar refractivity (Wildman–Crippen MR) is 85.5 cm³/mol. The average Bonchev–Trinajstić information content (AvgIpc) is 2.45. The topological polar surface area (TPSA) is 22.1 Å². The summed E-state index contributed by atoms with van der Waals surface area (Å²) in [6.07, 6.45) is 0. The molecule has 0 atom stereocenters. The van der Waals surface area contributed by atoms with Crippen LogP contribution in [0.15, 0.2) is 53.0 Å². The molecule has 0 aliphatic carbocycles. The van der Waals surface area contributed by atoms with Crippen LogP contribution in [-0.4, -0.2) is 4.98 Å². The molecular weight excluding hydrogens is 357 g/mol. The summed E-state index contributed by atoms with van der Waals surface area (Å²) in [6, 6.07) is 13.8. The molecule has 2 nitrogen and oxygen atoms in total. The van der Waals surface area contributed by atoms with Crippen LogP contribution in [0, 0.1) is 5.82 Å². The van der Waals surface area contributed by atoms with Crippen LogP contribution in [0.4, 0.5) is 4.39 Å². The molecule has 0 bridgehead atoms. The highest BCUT2D eigenvalue weighted by atomic mass is 79.9. The number of rotatable bonds is 3. The van der Waals surface area contributed by atoms with Crippen molar-refractivity contribution >= 4 is 38.4 Å². The molecule has 1 aromatic heterocycles. The van der Waals surface area contributed by atoms with E-state index in [0.29, 0.717) is 22.0 Å². The van der Waals surface area contributed by atoms with Crippen LogP contribution in [0.5, 0.6) is 11.6 Å². The lowest BCUT2D eigenvalue weighted by Gasteiger charge is -2.09. The first-order valence-corrected chi connectivity index (χ1v) is 7.57. The Bertz CT molecular complexity index is 789. The van der Waals surface area contributed by atoms with E-state index >= 15 is 0 Å². The van der Waals surface area contributed by atoms with Crippen molar-refractivity contribution in [1.82, 2.24) is 4.98 Å². The van der Waals surface area contributed by atoms with Gasteiger partial charge in [0.25, 0.3) is 0 Å². The molecule has 0 fully saturated rings. The third-order valence-electron chi connectivity index (χ3n) is 2.98. The average molecular weight is 367 g/mol. The van der Waals surface area contributed by atoms with Gasteiger partial charge in [0.1, 0.15) is 11.6 Å². The van der Waals surface area contributed by atoms with Crippen molar-refractivity contribution in [2.75, 3.05) is 0 Å². The first-order chi connectivity index (χ1) is 10.2. The molecule has 0 saturated carbocycles. The maximum Gasteiger partial charge on any atom is 0.220 e. The Hall–Kier alpha value is -1.65. The van der Waals surface area contributed by atoms with Gasteiger partial charge in [-0.05, 0) is 23.8 Å². The fraction of sp³-hybridized carbons (Fsp3) is 0.0625. The van der Waals surface area contributed by atoms with E-state index in [2.05, 4.69) is 20.9 Å². The summed E-state index contributed by atoms with van der Waals surface area (Å²) >= 11 is 9.21. The molecule has 5 heteroatoms. The number of halogens is 3. The molecule has 3 rings (SSSR count). The maximum atomic E-state index is 13.4. The Morgan fingerprint density at radius 1 is 1.14 bits per heavy atom. The smallest absolute Gasteiger partial charge is 0.220 e. The molecule has 0 spiro atoms. The first kappa shape index (κ1) is 14.3. The van der Waals surface area contributed by atoms with Gasteiger partial charge >= 0.3 is 0 Å². The van der Waals surface area contributed by atoms with Gasteiger partial charge < -0.3 is 4.74 Å². The number of para-hydroxylation sites is 1. The van der Waals surface area contributed by atoms with E-state index < -0.39 is 0 Å². The third-order valence-corrected chi connectivity index (χ3v) is 3.73. The molecule has 0 radical (unpaired) electrons. The minimum Gasteiger partial charge on any atom is -0.439 e. The third kappa shape index (κ3) is 3.17. The largest absolute Gasteiger partial charge is 0.439 e. The molecule has 0 aliphatic heterocycles. The number of alkyl halides is 1. The fourth-order valence-electron chi connectivity index (χ4n) is 2.09. The quantitative estimate of drug-likeness (QED) is 0.557. The highest BCUT2D eigenvalue weighted by Gasteiger charge is 2.08. The highest BCUT2D eigenvalue weighted by molar-refractivity contribution is 9.10. The summed E-state index contributed by atoms with van der Waals surface area (Å²) in [4.78, 5) is 4.42. The van der Waals surface area contributed by atoms with Gasteiger partial charge in [-0.3, -0.25) is 0 Å². The Morgan fingerprint density at radius 2 is 1.95 bits per heavy atom. The number of pyridine rings is 1. The van der Waals surface area contributed by atoms with E-state index in [0.717, 1.165) is 16.5 Å². The van der Waals surface area contributed by atoms with E-state index in [9.17, 15) is 4.39 Å². The van der Waals surface area contributed by atoms with Crippen LogP contribution in [0.25, 0.3) is 10.9 Å². The number of hydrogen-bond donors (Lipinski definition) is 0. The predicted octanol–water partition coefficient (Wildman–Crippen LogP) is 5.67. The normalized spacial score (nSPS) is 10.8. The summed E-state index contributed by atoms with van der Waals surface area (Å²) in [7, 11) is 0. The molecule has 1 heterocycles. The first-order valence-electron chi connectivity index (χ1n) is 6.24. The summed E-state index contributed by atoms with van der Waals surface area (Å²) in [6.45, 7) is 0. The van der Waals surface area contributed by atoms with Gasteiger partial charge in [0.05, 0.1) is 5.52 Å². The van der Waals surface area contributed by atoms with Gasteiger partial charge in [-0.1, -0.05) is 34.1 Å². The standard InChI is InChI=1S/C16H10BrClFNO/c17-11-6-12(19)8-13(7-11)21-16-5-10(9-18)14-3-1-2-4-15(14)20-16/h1-8H,9H2. The number of nitrogens with zero attached hydrogens (tertiary/aromatic N) is 1. The lowest BCUT2D eigenvalue weighted by Crippen LogP contribution is -1.93. The maximum absolute atomic E-state index is 13.4. The van der Waals surface area contributed by atoms with E-state index in [-0.39, 0.29) is 5.82 Å². The van der Waals surface area contributed by atoms with Crippen LogP contribution < -0.4 is 4.74 Å². The van der Waals surface area contributed by atoms with Gasteiger partial charge in [-0.25, -0.2) is 9.37 Å². The van der Waals surface area contributed by atoms with Crippen LogP contribution in [0.2, 0.25) is 0 Å². The summed E-state index contributed by atoms with van der Waals surface area (Å²) < 4.78 is 19.6. The number of hydrogen-bond acceptors (Lipinski definition) is 2. The van der Waals surface area contributed by atoms with Crippen LogP contribution in [0.1, 0.15) is 5.56 Å². The Kier molecular flexibility index (Phi) is 4.08. The van der Waals surface area contributed by atoms with Crippen molar-refractivity contribution in [1.29, 1.82) is 0 Å². The number of fused-ring (bicyclic) bond motifs is 1. The van der Waals surface area contributed by atoms with Crippen LogP contribution in [0.3, 0.4) is 0 Å². The molecule has 3 aromatic rings. The van der Waals surface area contributed by atoms with Crippen LogP contribution >= 0.6 is 27.5 Å². The molecule has 0 N–H and O–H groups in total. The highest BCUT2D eigenvalue weighted by Crippen LogP contribution is 2.28. The van der Waals surface area contributed by atoms with Crippen molar-refractivity contribution in [2.24, 2.45) is 0 Å². The van der Waals surface area contributed by atoms with Gasteiger partial charge in [0, 0.05) is 27.9 Å². The second kappa shape index (κ2) is 6.00. The van der Waals surface area contributed by atoms with E-state index in [1.54, 1.807) is 12.1 Å². The Morgan fingerprint density at radius 3 is 2.71 bits per heavy atom. The number of benzene rings is 2.